The quantitative estimate of drug-likeness (QED) is 0.506. The number of aryl methyl sites for hydroxylation is 2. The van der Waals surface area contributed by atoms with Crippen molar-refractivity contribution < 1.29 is 13.2 Å². The zero-order valence-corrected chi connectivity index (χ0v) is 19.8. The summed E-state index contributed by atoms with van der Waals surface area (Å²) < 4.78 is 40.9. The summed E-state index contributed by atoms with van der Waals surface area (Å²) in [6.45, 7) is 5.94. The highest BCUT2D eigenvalue weighted by Gasteiger charge is 2.42. The van der Waals surface area contributed by atoms with Crippen LogP contribution in [0.25, 0.3) is 16.9 Å². The first kappa shape index (κ1) is 23.1. The van der Waals surface area contributed by atoms with Gasteiger partial charge in [0.1, 0.15) is 5.82 Å². The number of anilines is 1. The number of rotatable bonds is 4. The maximum Gasteiger partial charge on any atom is 0.391 e. The lowest BCUT2D eigenvalue weighted by Gasteiger charge is -2.41. The van der Waals surface area contributed by atoms with Crippen molar-refractivity contribution in [3.8, 4) is 11.3 Å². The number of nitrogens with one attached hydrogen (secondary N) is 1. The number of aromatic nitrogens is 3. The van der Waals surface area contributed by atoms with Gasteiger partial charge in [0.2, 0.25) is 0 Å². The van der Waals surface area contributed by atoms with Gasteiger partial charge in [0.25, 0.3) is 0 Å². The van der Waals surface area contributed by atoms with Crippen LogP contribution >= 0.6 is 0 Å². The number of hydrogen-bond donors (Lipinski definition) is 1. The smallest absolute Gasteiger partial charge is 0.367 e. The number of likely N-dealkylation sites (tertiary alicyclic amines) is 1. The molecule has 1 saturated heterocycles. The van der Waals surface area contributed by atoms with Gasteiger partial charge in [0.05, 0.1) is 17.8 Å². The number of halogens is 3. The molecule has 1 saturated carbocycles. The molecule has 0 unspecified atom stereocenters. The molecule has 182 valence electrons. The fourth-order valence-electron chi connectivity index (χ4n) is 5.56. The van der Waals surface area contributed by atoms with Crippen molar-refractivity contribution in [2.45, 2.75) is 70.6 Å². The number of hydrogen-bond acceptors (Lipinski definition) is 4. The summed E-state index contributed by atoms with van der Waals surface area (Å²) in [5.41, 5.74) is 5.09. The van der Waals surface area contributed by atoms with Crippen LogP contribution in [0.2, 0.25) is 0 Å². The minimum atomic E-state index is -4.04. The number of nitrogens with zero attached hydrogens (tertiary/aromatic N) is 4. The highest BCUT2D eigenvalue weighted by molar-refractivity contribution is 5.70. The van der Waals surface area contributed by atoms with Crippen molar-refractivity contribution in [1.29, 1.82) is 0 Å². The Morgan fingerprint density at radius 2 is 1.65 bits per heavy atom. The second kappa shape index (κ2) is 9.21. The van der Waals surface area contributed by atoms with E-state index in [0.29, 0.717) is 18.9 Å². The predicted molar refractivity (Wildman–Crippen MR) is 128 cm³/mol. The number of benzene rings is 1. The third kappa shape index (κ3) is 4.65. The summed E-state index contributed by atoms with van der Waals surface area (Å²) in [5.74, 6) is -0.183. The predicted octanol–water partition coefficient (Wildman–Crippen LogP) is 6.01. The fourth-order valence-corrected chi connectivity index (χ4v) is 5.56. The van der Waals surface area contributed by atoms with E-state index in [1.807, 2.05) is 29.8 Å². The Balaban J connectivity index is 1.27. The highest BCUT2D eigenvalue weighted by atomic mass is 19.4. The third-order valence-corrected chi connectivity index (χ3v) is 7.63. The molecule has 0 spiro atoms. The fraction of sp³-hybridized carbons (Fsp3) is 0.538. The van der Waals surface area contributed by atoms with Gasteiger partial charge in [0, 0.05) is 42.4 Å². The summed E-state index contributed by atoms with van der Waals surface area (Å²) >= 11 is 0. The molecule has 0 radical (unpaired) electrons. The molecule has 2 aromatic heterocycles. The van der Waals surface area contributed by atoms with E-state index in [1.54, 1.807) is 0 Å². The van der Waals surface area contributed by atoms with Gasteiger partial charge in [-0.3, -0.25) is 0 Å². The molecular formula is C26H32F3N5. The first-order valence-electron chi connectivity index (χ1n) is 12.3. The van der Waals surface area contributed by atoms with E-state index < -0.39 is 12.1 Å². The second-order valence-corrected chi connectivity index (χ2v) is 9.91. The van der Waals surface area contributed by atoms with Crippen LogP contribution in [0.1, 0.15) is 49.7 Å². The zero-order chi connectivity index (χ0) is 23.9. The zero-order valence-electron chi connectivity index (χ0n) is 19.8. The van der Waals surface area contributed by atoms with Gasteiger partial charge >= 0.3 is 6.18 Å². The Morgan fingerprint density at radius 3 is 2.32 bits per heavy atom. The van der Waals surface area contributed by atoms with Crippen LogP contribution < -0.4 is 5.32 Å². The maximum absolute atomic E-state index is 13.0. The first-order chi connectivity index (χ1) is 16.3. The van der Waals surface area contributed by atoms with Crippen molar-refractivity contribution >= 4 is 11.5 Å². The van der Waals surface area contributed by atoms with Gasteiger partial charge < -0.3 is 10.2 Å². The first-order valence-corrected chi connectivity index (χ1v) is 12.3. The molecule has 0 amide bonds. The standard InChI is InChI=1S/C26H32F3N5/c1-17-5-3-4-6-22(17)23-15-24(34-25(32-23)18(2)16-30-34)31-20-11-13-33(14-12-20)21-9-7-19(8-10-21)26(27,28)29/h3-6,15-16,19-21,31H,7-14H2,1-2H3. The molecular weight excluding hydrogens is 439 g/mol. The van der Waals surface area contributed by atoms with Crippen LogP contribution in [0, 0.1) is 19.8 Å². The maximum atomic E-state index is 13.0. The number of alkyl halides is 3. The average molecular weight is 472 g/mol. The molecule has 5 rings (SSSR count). The topological polar surface area (TPSA) is 45.5 Å². The Morgan fingerprint density at radius 1 is 0.941 bits per heavy atom. The SMILES string of the molecule is Cc1ccccc1-c1cc(NC2CCN(C3CCC(C(F)(F)F)CC3)CC2)n2ncc(C)c2n1. The van der Waals surface area contributed by atoms with E-state index in [4.69, 9.17) is 4.98 Å². The molecule has 1 aliphatic heterocycles. The van der Waals surface area contributed by atoms with E-state index in [1.165, 1.54) is 5.56 Å². The Labute approximate surface area is 198 Å². The van der Waals surface area contributed by atoms with Crippen molar-refractivity contribution in [3.05, 3.63) is 47.7 Å². The molecule has 8 heteroatoms. The van der Waals surface area contributed by atoms with Crippen LogP contribution in [0.3, 0.4) is 0 Å². The molecule has 34 heavy (non-hydrogen) atoms. The molecule has 5 nitrogen and oxygen atoms in total. The van der Waals surface area contributed by atoms with Gasteiger partial charge in [-0.05, 0) is 57.9 Å². The van der Waals surface area contributed by atoms with Crippen LogP contribution in [-0.4, -0.2) is 50.8 Å². The molecule has 2 fully saturated rings. The van der Waals surface area contributed by atoms with E-state index >= 15 is 0 Å². The van der Waals surface area contributed by atoms with Gasteiger partial charge in [-0.15, -0.1) is 0 Å². The molecule has 2 aliphatic rings. The van der Waals surface area contributed by atoms with E-state index in [2.05, 4.69) is 40.4 Å². The largest absolute Gasteiger partial charge is 0.391 e. The molecule has 1 aromatic carbocycles. The number of piperidine rings is 1. The Hall–Kier alpha value is -2.61. The van der Waals surface area contributed by atoms with Crippen molar-refractivity contribution in [2.75, 3.05) is 18.4 Å². The average Bonchev–Trinajstić information content (AvgIpc) is 3.20. The van der Waals surface area contributed by atoms with Crippen LogP contribution in [0.5, 0.6) is 0 Å². The van der Waals surface area contributed by atoms with Crippen LogP contribution in [0.4, 0.5) is 19.0 Å². The molecule has 0 atom stereocenters. The summed E-state index contributed by atoms with van der Waals surface area (Å²) in [6.07, 6.45) is 1.56. The van der Waals surface area contributed by atoms with E-state index in [9.17, 15) is 13.2 Å². The Kier molecular flexibility index (Phi) is 6.27. The number of fused-ring (bicyclic) bond motifs is 1. The Bertz CT molecular complexity index is 1140. The van der Waals surface area contributed by atoms with Gasteiger partial charge in [-0.2, -0.15) is 22.8 Å². The molecule has 3 aromatic rings. The lowest BCUT2D eigenvalue weighted by molar-refractivity contribution is -0.184. The minimum Gasteiger partial charge on any atom is -0.367 e. The third-order valence-electron chi connectivity index (χ3n) is 7.63. The lowest BCUT2D eigenvalue weighted by atomic mass is 9.84. The van der Waals surface area contributed by atoms with Crippen molar-refractivity contribution in [1.82, 2.24) is 19.5 Å². The minimum absolute atomic E-state index is 0.266. The molecule has 1 aliphatic carbocycles. The summed E-state index contributed by atoms with van der Waals surface area (Å²) in [4.78, 5) is 7.29. The van der Waals surface area contributed by atoms with E-state index in [0.717, 1.165) is 54.2 Å². The molecule has 0 bridgehead atoms. The summed E-state index contributed by atoms with van der Waals surface area (Å²) in [7, 11) is 0. The summed E-state index contributed by atoms with van der Waals surface area (Å²) in [6, 6.07) is 10.9. The highest BCUT2D eigenvalue weighted by Crippen LogP contribution is 2.39. The normalized spacial score (nSPS) is 22.9. The van der Waals surface area contributed by atoms with Gasteiger partial charge in [-0.25, -0.2) is 4.98 Å². The van der Waals surface area contributed by atoms with Gasteiger partial charge in [-0.1, -0.05) is 24.3 Å². The monoisotopic (exact) mass is 471 g/mol. The molecule has 3 heterocycles. The lowest BCUT2D eigenvalue weighted by Crippen LogP contribution is -2.46. The second-order valence-electron chi connectivity index (χ2n) is 9.91. The van der Waals surface area contributed by atoms with Crippen molar-refractivity contribution in [2.24, 2.45) is 5.92 Å². The van der Waals surface area contributed by atoms with Gasteiger partial charge in [0.15, 0.2) is 5.65 Å². The van der Waals surface area contributed by atoms with E-state index in [-0.39, 0.29) is 18.9 Å². The van der Waals surface area contributed by atoms with Crippen LogP contribution in [-0.2, 0) is 0 Å². The summed E-state index contributed by atoms with van der Waals surface area (Å²) in [5, 5.41) is 8.25. The van der Waals surface area contributed by atoms with Crippen molar-refractivity contribution in [3.63, 3.8) is 0 Å². The van der Waals surface area contributed by atoms with Crippen LogP contribution in [0.15, 0.2) is 36.5 Å². The molecule has 1 N–H and O–H groups in total.